The van der Waals surface area contributed by atoms with Crippen LogP contribution >= 0.6 is 11.6 Å². The molecule has 4 nitrogen and oxygen atoms in total. The zero-order chi connectivity index (χ0) is 10.1. The van der Waals surface area contributed by atoms with Crippen LogP contribution in [0.1, 0.15) is 31.0 Å². The van der Waals surface area contributed by atoms with Gasteiger partial charge in [-0.2, -0.15) is 0 Å². The average molecular weight is 215 g/mol. The molecule has 2 rings (SSSR count). The standard InChI is InChI=1S/C9H11ClN2O2/c10-9-11-5-7-3-1-2-6(12(7)9)4-8(13)14/h5-6H,1-4H2,(H,13,14). The molecule has 14 heavy (non-hydrogen) atoms. The zero-order valence-electron chi connectivity index (χ0n) is 7.61. The largest absolute Gasteiger partial charge is 0.481 e. The van der Waals surface area contributed by atoms with Crippen LogP contribution < -0.4 is 0 Å². The van der Waals surface area contributed by atoms with Gasteiger partial charge in [0.15, 0.2) is 0 Å². The number of aromatic nitrogens is 2. The number of carboxylic acids is 1. The highest BCUT2D eigenvalue weighted by molar-refractivity contribution is 6.28. The van der Waals surface area contributed by atoms with E-state index < -0.39 is 5.97 Å². The Balaban J connectivity index is 2.29. The summed E-state index contributed by atoms with van der Waals surface area (Å²) < 4.78 is 1.85. The van der Waals surface area contributed by atoms with Crippen LogP contribution in [-0.4, -0.2) is 20.6 Å². The molecule has 1 aliphatic heterocycles. The van der Waals surface area contributed by atoms with Gasteiger partial charge in [-0.05, 0) is 30.9 Å². The summed E-state index contributed by atoms with van der Waals surface area (Å²) in [4.78, 5) is 14.6. The molecule has 0 fully saturated rings. The first-order chi connectivity index (χ1) is 6.68. The van der Waals surface area contributed by atoms with Crippen molar-refractivity contribution in [3.05, 3.63) is 17.2 Å². The van der Waals surface area contributed by atoms with E-state index >= 15 is 0 Å². The molecule has 0 spiro atoms. The maximum Gasteiger partial charge on any atom is 0.305 e. The molecule has 2 heterocycles. The highest BCUT2D eigenvalue weighted by atomic mass is 35.5. The van der Waals surface area contributed by atoms with E-state index in [0.29, 0.717) is 5.28 Å². The molecule has 1 aromatic heterocycles. The Morgan fingerprint density at radius 3 is 3.29 bits per heavy atom. The van der Waals surface area contributed by atoms with Gasteiger partial charge in [-0.25, -0.2) is 4.98 Å². The summed E-state index contributed by atoms with van der Waals surface area (Å²) in [5, 5.41) is 9.15. The molecule has 0 amide bonds. The van der Waals surface area contributed by atoms with Gasteiger partial charge in [0, 0.05) is 17.9 Å². The first kappa shape index (κ1) is 9.52. The molecule has 1 aromatic rings. The van der Waals surface area contributed by atoms with Gasteiger partial charge in [0.2, 0.25) is 5.28 Å². The maximum absolute atomic E-state index is 10.6. The summed E-state index contributed by atoms with van der Waals surface area (Å²) in [6.45, 7) is 0. The van der Waals surface area contributed by atoms with Crippen molar-refractivity contribution in [2.45, 2.75) is 31.7 Å². The van der Waals surface area contributed by atoms with Crippen molar-refractivity contribution < 1.29 is 9.90 Å². The van der Waals surface area contributed by atoms with Crippen LogP contribution in [0.15, 0.2) is 6.20 Å². The number of nitrogens with zero attached hydrogens (tertiary/aromatic N) is 2. The van der Waals surface area contributed by atoms with E-state index in [1.54, 1.807) is 6.20 Å². The number of hydrogen-bond donors (Lipinski definition) is 1. The fourth-order valence-corrected chi connectivity index (χ4v) is 2.28. The van der Waals surface area contributed by atoms with Gasteiger partial charge < -0.3 is 9.67 Å². The van der Waals surface area contributed by atoms with Gasteiger partial charge >= 0.3 is 5.97 Å². The lowest BCUT2D eigenvalue weighted by Crippen LogP contribution is -2.20. The van der Waals surface area contributed by atoms with Crippen molar-refractivity contribution in [1.29, 1.82) is 0 Å². The van der Waals surface area contributed by atoms with Gasteiger partial charge in [-0.1, -0.05) is 0 Å². The molecular formula is C9H11ClN2O2. The van der Waals surface area contributed by atoms with E-state index in [9.17, 15) is 4.79 Å². The average Bonchev–Trinajstić information content (AvgIpc) is 2.48. The molecule has 1 N–H and O–H groups in total. The smallest absolute Gasteiger partial charge is 0.305 e. The number of aliphatic carboxylic acids is 1. The number of fused-ring (bicyclic) bond motifs is 1. The molecule has 0 saturated heterocycles. The molecule has 5 heteroatoms. The number of imidazole rings is 1. The normalized spacial score (nSPS) is 20.5. The van der Waals surface area contributed by atoms with Crippen molar-refractivity contribution in [3.63, 3.8) is 0 Å². The molecule has 0 saturated carbocycles. The third kappa shape index (κ3) is 1.62. The summed E-state index contributed by atoms with van der Waals surface area (Å²) >= 11 is 5.89. The zero-order valence-corrected chi connectivity index (χ0v) is 8.37. The molecule has 1 atom stereocenters. The second kappa shape index (κ2) is 3.61. The summed E-state index contributed by atoms with van der Waals surface area (Å²) in [7, 11) is 0. The lowest BCUT2D eigenvalue weighted by atomic mass is 10.0. The van der Waals surface area contributed by atoms with E-state index in [1.165, 1.54) is 0 Å². The fourth-order valence-electron chi connectivity index (χ4n) is 1.98. The van der Waals surface area contributed by atoms with Gasteiger partial charge in [-0.3, -0.25) is 4.79 Å². The first-order valence-corrected chi connectivity index (χ1v) is 4.99. The highest BCUT2D eigenvalue weighted by Gasteiger charge is 2.24. The first-order valence-electron chi connectivity index (χ1n) is 4.62. The minimum Gasteiger partial charge on any atom is -0.481 e. The molecule has 76 valence electrons. The highest BCUT2D eigenvalue weighted by Crippen LogP contribution is 2.30. The minimum absolute atomic E-state index is 0.0220. The molecule has 0 bridgehead atoms. The third-order valence-corrected chi connectivity index (χ3v) is 2.85. The summed E-state index contributed by atoms with van der Waals surface area (Å²) in [6, 6.07) is -0.0220. The molecule has 1 unspecified atom stereocenters. The third-order valence-electron chi connectivity index (χ3n) is 2.57. The van der Waals surface area contributed by atoms with E-state index in [4.69, 9.17) is 16.7 Å². The predicted molar refractivity (Wildman–Crippen MR) is 51.5 cm³/mol. The van der Waals surface area contributed by atoms with Crippen LogP contribution in [0.2, 0.25) is 5.28 Å². The maximum atomic E-state index is 10.6. The SMILES string of the molecule is O=C(O)CC1CCCc2cnc(Cl)n21. The van der Waals surface area contributed by atoms with Crippen LogP contribution in [-0.2, 0) is 11.2 Å². The molecule has 0 aliphatic carbocycles. The van der Waals surface area contributed by atoms with Crippen LogP contribution in [0.5, 0.6) is 0 Å². The van der Waals surface area contributed by atoms with Crippen molar-refractivity contribution in [2.24, 2.45) is 0 Å². The van der Waals surface area contributed by atoms with Crippen molar-refractivity contribution in [1.82, 2.24) is 9.55 Å². The topological polar surface area (TPSA) is 55.1 Å². The number of hydrogen-bond acceptors (Lipinski definition) is 2. The van der Waals surface area contributed by atoms with Crippen LogP contribution in [0.3, 0.4) is 0 Å². The van der Waals surface area contributed by atoms with Gasteiger partial charge in [0.25, 0.3) is 0 Å². The lowest BCUT2D eigenvalue weighted by Gasteiger charge is -2.24. The molecular weight excluding hydrogens is 204 g/mol. The Morgan fingerprint density at radius 2 is 2.57 bits per heavy atom. The minimum atomic E-state index is -0.785. The number of aryl methyl sites for hydroxylation is 1. The van der Waals surface area contributed by atoms with E-state index in [2.05, 4.69) is 4.98 Å². The van der Waals surface area contributed by atoms with Crippen molar-refractivity contribution in [3.8, 4) is 0 Å². The fraction of sp³-hybridized carbons (Fsp3) is 0.556. The molecule has 0 aromatic carbocycles. The Kier molecular flexibility index (Phi) is 2.46. The summed E-state index contributed by atoms with van der Waals surface area (Å²) in [6.07, 6.45) is 4.69. The Labute approximate surface area is 86.5 Å². The van der Waals surface area contributed by atoms with Crippen LogP contribution in [0.25, 0.3) is 0 Å². The predicted octanol–water partition coefficient (Wildman–Crippen LogP) is 1.89. The number of carbonyl (C=O) groups is 1. The van der Waals surface area contributed by atoms with Gasteiger partial charge in [0.05, 0.1) is 6.42 Å². The second-order valence-electron chi connectivity index (χ2n) is 3.53. The van der Waals surface area contributed by atoms with Crippen LogP contribution in [0, 0.1) is 0 Å². The van der Waals surface area contributed by atoms with Gasteiger partial charge in [-0.15, -0.1) is 0 Å². The Bertz CT molecular complexity index is 362. The number of halogens is 1. The van der Waals surface area contributed by atoms with E-state index in [-0.39, 0.29) is 12.5 Å². The lowest BCUT2D eigenvalue weighted by molar-refractivity contribution is -0.138. The Hall–Kier alpha value is -1.03. The van der Waals surface area contributed by atoms with Crippen molar-refractivity contribution in [2.75, 3.05) is 0 Å². The summed E-state index contributed by atoms with van der Waals surface area (Å²) in [5.74, 6) is -0.785. The number of carboxylic acid groups (broad SMARTS) is 1. The van der Waals surface area contributed by atoms with E-state index in [1.807, 2.05) is 4.57 Å². The molecule has 1 aliphatic rings. The molecule has 0 radical (unpaired) electrons. The quantitative estimate of drug-likeness (QED) is 0.818. The number of rotatable bonds is 2. The van der Waals surface area contributed by atoms with E-state index in [0.717, 1.165) is 25.0 Å². The van der Waals surface area contributed by atoms with Crippen LogP contribution in [0.4, 0.5) is 0 Å². The second-order valence-corrected chi connectivity index (χ2v) is 3.87. The summed E-state index contributed by atoms with van der Waals surface area (Å²) in [5.41, 5.74) is 1.05. The monoisotopic (exact) mass is 214 g/mol. The van der Waals surface area contributed by atoms with Crippen molar-refractivity contribution >= 4 is 17.6 Å². The Morgan fingerprint density at radius 1 is 1.79 bits per heavy atom. The van der Waals surface area contributed by atoms with Gasteiger partial charge in [0.1, 0.15) is 0 Å².